The highest BCUT2D eigenvalue weighted by Gasteiger charge is 2.30. The van der Waals surface area contributed by atoms with Gasteiger partial charge >= 0.3 is 6.18 Å². The molecule has 106 valence electrons. The van der Waals surface area contributed by atoms with Crippen molar-refractivity contribution in [3.63, 3.8) is 0 Å². The molecule has 0 radical (unpaired) electrons. The van der Waals surface area contributed by atoms with Crippen molar-refractivity contribution in [2.24, 2.45) is 0 Å². The minimum absolute atomic E-state index is 0.504. The molecule has 0 aromatic heterocycles. The molecule has 0 saturated carbocycles. The third-order valence-electron chi connectivity index (χ3n) is 3.13. The third kappa shape index (κ3) is 3.53. The predicted octanol–water partition coefficient (Wildman–Crippen LogP) is 4.93. The average Bonchev–Trinajstić information content (AvgIpc) is 2.36. The highest BCUT2D eigenvalue weighted by Crippen LogP contribution is 2.32. The number of alkyl halides is 3. The van der Waals surface area contributed by atoms with Gasteiger partial charge in [-0.15, -0.1) is 0 Å². The van der Waals surface area contributed by atoms with E-state index < -0.39 is 11.7 Å². The van der Waals surface area contributed by atoms with Gasteiger partial charge in [0.1, 0.15) is 0 Å². The monoisotopic (exact) mass is 279 g/mol. The largest absolute Gasteiger partial charge is 0.416 e. The van der Waals surface area contributed by atoms with Gasteiger partial charge in [-0.05, 0) is 37.1 Å². The molecule has 0 unspecified atom stereocenters. The lowest BCUT2D eigenvalue weighted by Crippen LogP contribution is -2.07. The van der Waals surface area contributed by atoms with Crippen molar-refractivity contribution in [3.05, 3.63) is 64.7 Å². The van der Waals surface area contributed by atoms with Gasteiger partial charge in [-0.3, -0.25) is 0 Å². The van der Waals surface area contributed by atoms with Crippen LogP contribution in [0, 0.1) is 13.8 Å². The van der Waals surface area contributed by atoms with Crippen LogP contribution in [0.4, 0.5) is 18.9 Å². The van der Waals surface area contributed by atoms with Gasteiger partial charge in [0.2, 0.25) is 0 Å². The summed E-state index contributed by atoms with van der Waals surface area (Å²) in [6.07, 6.45) is -4.31. The minimum Gasteiger partial charge on any atom is -0.381 e. The summed E-state index contributed by atoms with van der Waals surface area (Å²) in [4.78, 5) is 0. The maximum Gasteiger partial charge on any atom is 0.416 e. The van der Waals surface area contributed by atoms with Gasteiger partial charge in [-0.1, -0.05) is 35.9 Å². The van der Waals surface area contributed by atoms with Crippen LogP contribution in [-0.2, 0) is 12.7 Å². The van der Waals surface area contributed by atoms with E-state index in [4.69, 9.17) is 0 Å². The van der Waals surface area contributed by atoms with Crippen molar-refractivity contribution < 1.29 is 13.2 Å². The first kappa shape index (κ1) is 14.4. The summed E-state index contributed by atoms with van der Waals surface area (Å²) in [5, 5.41) is 3.07. The summed E-state index contributed by atoms with van der Waals surface area (Å²) in [7, 11) is 0. The first-order valence-corrected chi connectivity index (χ1v) is 6.33. The molecule has 0 aliphatic rings. The van der Waals surface area contributed by atoms with E-state index in [2.05, 4.69) is 5.32 Å². The molecule has 0 spiro atoms. The molecule has 0 aliphatic heterocycles. The van der Waals surface area contributed by atoms with Crippen LogP contribution in [0.3, 0.4) is 0 Å². The molecule has 0 atom stereocenters. The molecule has 1 nitrogen and oxygen atoms in total. The molecule has 0 aliphatic carbocycles. The van der Waals surface area contributed by atoms with Crippen LogP contribution >= 0.6 is 0 Å². The average molecular weight is 279 g/mol. The first-order chi connectivity index (χ1) is 9.36. The van der Waals surface area contributed by atoms with E-state index in [9.17, 15) is 13.2 Å². The third-order valence-corrected chi connectivity index (χ3v) is 3.13. The number of benzene rings is 2. The zero-order valence-corrected chi connectivity index (χ0v) is 11.4. The zero-order valence-electron chi connectivity index (χ0n) is 11.4. The topological polar surface area (TPSA) is 12.0 Å². The second-order valence-corrected chi connectivity index (χ2v) is 4.87. The summed E-state index contributed by atoms with van der Waals surface area (Å²) in [5.41, 5.74) is 2.86. The van der Waals surface area contributed by atoms with E-state index >= 15 is 0 Å². The Balaban J connectivity index is 2.17. The maximum atomic E-state index is 12.7. The van der Waals surface area contributed by atoms with Gasteiger partial charge in [-0.2, -0.15) is 13.2 Å². The number of nitrogens with one attached hydrogen (secondary N) is 1. The molecule has 0 heterocycles. The molecule has 2 rings (SSSR count). The number of hydrogen-bond acceptors (Lipinski definition) is 1. The van der Waals surface area contributed by atoms with Crippen molar-refractivity contribution in [2.75, 3.05) is 5.32 Å². The van der Waals surface area contributed by atoms with Crippen LogP contribution in [0.2, 0.25) is 0 Å². The molecule has 2 aromatic carbocycles. The van der Waals surface area contributed by atoms with E-state index in [1.807, 2.05) is 31.2 Å². The van der Waals surface area contributed by atoms with E-state index in [1.54, 1.807) is 6.92 Å². The zero-order chi connectivity index (χ0) is 14.8. The van der Waals surface area contributed by atoms with Gasteiger partial charge in [0.15, 0.2) is 0 Å². The number of hydrogen-bond donors (Lipinski definition) is 1. The van der Waals surface area contributed by atoms with Crippen LogP contribution in [0.5, 0.6) is 0 Å². The van der Waals surface area contributed by atoms with Gasteiger partial charge < -0.3 is 5.32 Å². The fourth-order valence-corrected chi connectivity index (χ4v) is 2.01. The smallest absolute Gasteiger partial charge is 0.381 e. The van der Waals surface area contributed by atoms with E-state index in [1.165, 1.54) is 6.07 Å². The minimum atomic E-state index is -4.31. The molecule has 0 amide bonds. The SMILES string of the molecule is Cc1cccc(CNc2cc(C(F)(F)F)ccc2C)c1. The van der Waals surface area contributed by atoms with Crippen molar-refractivity contribution in [1.82, 2.24) is 0 Å². The standard InChI is InChI=1S/C16H16F3N/c1-11-4-3-5-13(8-11)10-20-15-9-14(16(17,18)19)7-6-12(15)2/h3-9,20H,10H2,1-2H3. The Hall–Kier alpha value is -1.97. The molecule has 0 fully saturated rings. The summed E-state index contributed by atoms with van der Waals surface area (Å²) in [6, 6.07) is 11.6. The first-order valence-electron chi connectivity index (χ1n) is 6.33. The van der Waals surface area contributed by atoms with Crippen molar-refractivity contribution in [1.29, 1.82) is 0 Å². The predicted molar refractivity (Wildman–Crippen MR) is 74.7 cm³/mol. The van der Waals surface area contributed by atoms with E-state index in [0.717, 1.165) is 28.8 Å². The number of halogens is 3. The van der Waals surface area contributed by atoms with Crippen LogP contribution in [-0.4, -0.2) is 0 Å². The Kier molecular flexibility index (Phi) is 4.02. The molecule has 0 saturated heterocycles. The summed E-state index contributed by atoms with van der Waals surface area (Å²) < 4.78 is 38.1. The number of aryl methyl sites for hydroxylation is 2. The van der Waals surface area contributed by atoms with E-state index in [-0.39, 0.29) is 0 Å². The van der Waals surface area contributed by atoms with Crippen molar-refractivity contribution in [2.45, 2.75) is 26.6 Å². The second-order valence-electron chi connectivity index (χ2n) is 4.87. The Morgan fingerprint density at radius 1 is 1.00 bits per heavy atom. The summed E-state index contributed by atoms with van der Waals surface area (Å²) in [5.74, 6) is 0. The highest BCUT2D eigenvalue weighted by molar-refractivity contribution is 5.53. The fourth-order valence-electron chi connectivity index (χ4n) is 2.01. The quantitative estimate of drug-likeness (QED) is 0.839. The lowest BCUT2D eigenvalue weighted by molar-refractivity contribution is -0.137. The summed E-state index contributed by atoms with van der Waals surface area (Å²) >= 11 is 0. The van der Waals surface area contributed by atoms with Gasteiger partial charge in [0.25, 0.3) is 0 Å². The normalized spacial score (nSPS) is 11.4. The van der Waals surface area contributed by atoms with Crippen LogP contribution in [0.1, 0.15) is 22.3 Å². The molecule has 20 heavy (non-hydrogen) atoms. The van der Waals surface area contributed by atoms with Crippen LogP contribution < -0.4 is 5.32 Å². The van der Waals surface area contributed by atoms with Crippen molar-refractivity contribution in [3.8, 4) is 0 Å². The highest BCUT2D eigenvalue weighted by atomic mass is 19.4. The maximum absolute atomic E-state index is 12.7. The molecule has 2 aromatic rings. The Morgan fingerprint density at radius 3 is 2.40 bits per heavy atom. The molecule has 0 bridgehead atoms. The number of rotatable bonds is 3. The van der Waals surface area contributed by atoms with Crippen LogP contribution in [0.15, 0.2) is 42.5 Å². The lowest BCUT2D eigenvalue weighted by Gasteiger charge is -2.13. The Bertz CT molecular complexity index is 603. The molecular weight excluding hydrogens is 263 g/mol. The van der Waals surface area contributed by atoms with Gasteiger partial charge in [0, 0.05) is 12.2 Å². The van der Waals surface area contributed by atoms with E-state index in [0.29, 0.717) is 12.2 Å². The lowest BCUT2D eigenvalue weighted by atomic mass is 10.1. The second kappa shape index (κ2) is 5.57. The van der Waals surface area contributed by atoms with Gasteiger partial charge in [0.05, 0.1) is 5.56 Å². The fraction of sp³-hybridized carbons (Fsp3) is 0.250. The van der Waals surface area contributed by atoms with Gasteiger partial charge in [-0.25, -0.2) is 0 Å². The summed E-state index contributed by atoms with van der Waals surface area (Å²) in [6.45, 7) is 4.28. The van der Waals surface area contributed by atoms with Crippen LogP contribution in [0.25, 0.3) is 0 Å². The molecular formula is C16H16F3N. The molecule has 1 N–H and O–H groups in total. The van der Waals surface area contributed by atoms with Crippen molar-refractivity contribution >= 4 is 5.69 Å². The Labute approximate surface area is 116 Å². The Morgan fingerprint density at radius 2 is 1.75 bits per heavy atom. The molecule has 4 heteroatoms. The number of anilines is 1.